The lowest BCUT2D eigenvalue weighted by Crippen LogP contribution is -2.38. The molecule has 110 valence electrons. The second-order valence-corrected chi connectivity index (χ2v) is 5.45. The van der Waals surface area contributed by atoms with E-state index in [4.69, 9.17) is 5.11 Å². The van der Waals surface area contributed by atoms with Crippen molar-refractivity contribution in [3.63, 3.8) is 0 Å². The van der Waals surface area contributed by atoms with E-state index >= 15 is 0 Å². The van der Waals surface area contributed by atoms with Crippen molar-refractivity contribution in [3.05, 3.63) is 36.3 Å². The summed E-state index contributed by atoms with van der Waals surface area (Å²) in [6.45, 7) is 0. The van der Waals surface area contributed by atoms with Crippen LogP contribution in [0.15, 0.2) is 30.6 Å². The summed E-state index contributed by atoms with van der Waals surface area (Å²) >= 11 is 0. The maximum atomic E-state index is 12.2. The largest absolute Gasteiger partial charge is 0.481 e. The summed E-state index contributed by atoms with van der Waals surface area (Å²) in [6, 6.07) is 5.63. The monoisotopic (exact) mass is 287 g/mol. The number of imidazole rings is 1. The van der Waals surface area contributed by atoms with Crippen LogP contribution in [0.5, 0.6) is 0 Å². The SMILES string of the molecule is O=C(NC1CCC(C(=O)O)CC1)c1cn2ccccc2n1. The quantitative estimate of drug-likeness (QED) is 0.900. The number of carboxylic acids is 1. The van der Waals surface area contributed by atoms with E-state index in [0.717, 1.165) is 5.65 Å². The van der Waals surface area contributed by atoms with Crippen LogP contribution in [-0.2, 0) is 4.79 Å². The third kappa shape index (κ3) is 2.89. The van der Waals surface area contributed by atoms with Gasteiger partial charge in [-0.15, -0.1) is 0 Å². The number of nitrogens with one attached hydrogen (secondary N) is 1. The first-order valence-electron chi connectivity index (χ1n) is 7.11. The van der Waals surface area contributed by atoms with Crippen LogP contribution in [0.25, 0.3) is 5.65 Å². The molecule has 0 spiro atoms. The molecule has 6 nitrogen and oxygen atoms in total. The zero-order valence-electron chi connectivity index (χ0n) is 11.5. The van der Waals surface area contributed by atoms with E-state index in [0.29, 0.717) is 31.4 Å². The highest BCUT2D eigenvalue weighted by Gasteiger charge is 2.27. The third-order valence-corrected chi connectivity index (χ3v) is 4.01. The van der Waals surface area contributed by atoms with Crippen LogP contribution >= 0.6 is 0 Å². The van der Waals surface area contributed by atoms with Crippen molar-refractivity contribution >= 4 is 17.5 Å². The van der Waals surface area contributed by atoms with Crippen molar-refractivity contribution in [2.24, 2.45) is 5.92 Å². The average Bonchev–Trinajstić information content (AvgIpc) is 2.92. The van der Waals surface area contributed by atoms with Gasteiger partial charge in [0.15, 0.2) is 0 Å². The molecule has 0 saturated heterocycles. The molecule has 1 aliphatic rings. The van der Waals surface area contributed by atoms with E-state index in [1.54, 1.807) is 10.6 Å². The molecule has 0 radical (unpaired) electrons. The fourth-order valence-electron chi connectivity index (χ4n) is 2.79. The Balaban J connectivity index is 1.63. The van der Waals surface area contributed by atoms with E-state index in [1.807, 2.05) is 24.4 Å². The van der Waals surface area contributed by atoms with Crippen LogP contribution in [0.3, 0.4) is 0 Å². The van der Waals surface area contributed by atoms with Gasteiger partial charge in [-0.3, -0.25) is 9.59 Å². The second-order valence-electron chi connectivity index (χ2n) is 5.45. The Morgan fingerprint density at radius 1 is 1.24 bits per heavy atom. The van der Waals surface area contributed by atoms with Crippen LogP contribution in [0.4, 0.5) is 0 Å². The van der Waals surface area contributed by atoms with Crippen LogP contribution in [0.1, 0.15) is 36.2 Å². The van der Waals surface area contributed by atoms with Gasteiger partial charge in [-0.2, -0.15) is 0 Å². The van der Waals surface area contributed by atoms with Crippen molar-refractivity contribution in [2.45, 2.75) is 31.7 Å². The molecular formula is C15H17N3O3. The van der Waals surface area contributed by atoms with Crippen molar-refractivity contribution in [2.75, 3.05) is 0 Å². The Morgan fingerprint density at radius 3 is 2.67 bits per heavy atom. The zero-order valence-corrected chi connectivity index (χ0v) is 11.5. The third-order valence-electron chi connectivity index (χ3n) is 4.01. The van der Waals surface area contributed by atoms with Crippen molar-refractivity contribution in [3.8, 4) is 0 Å². The molecule has 1 amide bonds. The summed E-state index contributed by atoms with van der Waals surface area (Å²) in [5.41, 5.74) is 1.12. The minimum atomic E-state index is -0.736. The molecule has 21 heavy (non-hydrogen) atoms. The lowest BCUT2D eigenvalue weighted by molar-refractivity contribution is -0.142. The molecule has 1 fully saturated rings. The summed E-state index contributed by atoms with van der Waals surface area (Å²) in [4.78, 5) is 27.4. The number of hydrogen-bond acceptors (Lipinski definition) is 3. The van der Waals surface area contributed by atoms with Gasteiger partial charge in [-0.05, 0) is 37.8 Å². The molecule has 0 aromatic carbocycles. The first-order chi connectivity index (χ1) is 10.1. The van der Waals surface area contributed by atoms with E-state index in [1.165, 1.54) is 0 Å². The maximum Gasteiger partial charge on any atom is 0.306 e. The summed E-state index contributed by atoms with van der Waals surface area (Å²) in [5.74, 6) is -1.20. The number of nitrogens with zero attached hydrogens (tertiary/aromatic N) is 2. The van der Waals surface area contributed by atoms with Crippen molar-refractivity contribution < 1.29 is 14.7 Å². The van der Waals surface area contributed by atoms with Crippen LogP contribution in [0.2, 0.25) is 0 Å². The highest BCUT2D eigenvalue weighted by Crippen LogP contribution is 2.24. The Hall–Kier alpha value is -2.37. The molecule has 6 heteroatoms. The lowest BCUT2D eigenvalue weighted by Gasteiger charge is -2.26. The zero-order chi connectivity index (χ0) is 14.8. The highest BCUT2D eigenvalue weighted by molar-refractivity contribution is 5.93. The summed E-state index contributed by atoms with van der Waals surface area (Å²) < 4.78 is 1.80. The number of carbonyl (C=O) groups excluding carboxylic acids is 1. The summed E-state index contributed by atoms with van der Waals surface area (Å²) in [6.07, 6.45) is 6.19. The van der Waals surface area contributed by atoms with Crippen LogP contribution in [-0.4, -0.2) is 32.4 Å². The molecule has 0 unspecified atom stereocenters. The molecule has 0 aliphatic heterocycles. The van der Waals surface area contributed by atoms with Crippen molar-refractivity contribution in [1.82, 2.24) is 14.7 Å². The van der Waals surface area contributed by atoms with Gasteiger partial charge in [-0.25, -0.2) is 4.98 Å². The minimum Gasteiger partial charge on any atom is -0.481 e. The van der Waals surface area contributed by atoms with Gasteiger partial charge in [0.25, 0.3) is 5.91 Å². The maximum absolute atomic E-state index is 12.2. The number of fused-ring (bicyclic) bond motifs is 1. The highest BCUT2D eigenvalue weighted by atomic mass is 16.4. The number of rotatable bonds is 3. The van der Waals surface area contributed by atoms with E-state index in [9.17, 15) is 9.59 Å². The number of carbonyl (C=O) groups is 2. The van der Waals surface area contributed by atoms with Crippen molar-refractivity contribution in [1.29, 1.82) is 0 Å². The van der Waals surface area contributed by atoms with Gasteiger partial charge in [0.05, 0.1) is 5.92 Å². The molecule has 0 bridgehead atoms. The predicted octanol–water partition coefficient (Wildman–Crippen LogP) is 1.71. The van der Waals surface area contributed by atoms with Crippen LogP contribution < -0.4 is 5.32 Å². The molecule has 0 atom stereocenters. The minimum absolute atomic E-state index is 0.0397. The standard InChI is InChI=1S/C15H17N3O3/c19-14(12-9-18-8-2-1-3-13(18)17-12)16-11-6-4-10(5-7-11)15(20)21/h1-3,8-11H,4-7H2,(H,16,19)(H,20,21). The molecule has 2 aromatic rings. The summed E-state index contributed by atoms with van der Waals surface area (Å²) in [5, 5.41) is 11.9. The van der Waals surface area contributed by atoms with Crippen LogP contribution in [0, 0.1) is 5.92 Å². The Morgan fingerprint density at radius 2 is 2.00 bits per heavy atom. The molecular weight excluding hydrogens is 270 g/mol. The number of hydrogen-bond donors (Lipinski definition) is 2. The molecule has 2 N–H and O–H groups in total. The van der Waals surface area contributed by atoms with Gasteiger partial charge < -0.3 is 14.8 Å². The number of pyridine rings is 1. The number of amides is 1. The van der Waals surface area contributed by atoms with Gasteiger partial charge in [-0.1, -0.05) is 6.07 Å². The van der Waals surface area contributed by atoms with Gasteiger partial charge in [0, 0.05) is 18.4 Å². The van der Waals surface area contributed by atoms with E-state index in [2.05, 4.69) is 10.3 Å². The normalized spacial score (nSPS) is 22.1. The molecule has 3 rings (SSSR count). The topological polar surface area (TPSA) is 83.7 Å². The average molecular weight is 287 g/mol. The van der Waals surface area contributed by atoms with E-state index < -0.39 is 5.97 Å². The second kappa shape index (κ2) is 5.55. The first-order valence-corrected chi connectivity index (χ1v) is 7.11. The molecule has 2 heterocycles. The first kappa shape index (κ1) is 13.6. The number of carboxylic acid groups (broad SMARTS) is 1. The van der Waals surface area contributed by atoms with Gasteiger partial charge >= 0.3 is 5.97 Å². The molecule has 2 aromatic heterocycles. The Kier molecular flexibility index (Phi) is 3.60. The fourth-order valence-corrected chi connectivity index (χ4v) is 2.79. The van der Waals surface area contributed by atoms with Gasteiger partial charge in [0.2, 0.25) is 0 Å². The smallest absolute Gasteiger partial charge is 0.306 e. The van der Waals surface area contributed by atoms with E-state index in [-0.39, 0.29) is 17.9 Å². The lowest BCUT2D eigenvalue weighted by atomic mass is 9.86. The molecule has 1 saturated carbocycles. The van der Waals surface area contributed by atoms with Gasteiger partial charge in [0.1, 0.15) is 11.3 Å². The summed E-state index contributed by atoms with van der Waals surface area (Å²) in [7, 11) is 0. The fraction of sp³-hybridized carbons (Fsp3) is 0.400. The Labute approximate surface area is 121 Å². The predicted molar refractivity (Wildman–Crippen MR) is 76.0 cm³/mol. The number of aromatic nitrogens is 2. The molecule has 1 aliphatic carbocycles. The Bertz CT molecular complexity index is 639. The number of aliphatic carboxylic acids is 1.